The second-order valence-corrected chi connectivity index (χ2v) is 7.76. The summed E-state index contributed by atoms with van der Waals surface area (Å²) in [7, 11) is 0. The number of fused-ring (bicyclic) bond motifs is 1. The number of carbonyl (C=O) groups excluding carboxylic acids is 2. The van der Waals surface area contributed by atoms with Crippen molar-refractivity contribution in [1.29, 1.82) is 0 Å². The third-order valence-electron chi connectivity index (χ3n) is 5.64. The molecule has 1 aliphatic carbocycles. The predicted molar refractivity (Wildman–Crippen MR) is 112 cm³/mol. The fraction of sp³-hybridized carbons (Fsp3) is 0.391. The average molecular weight is 377 g/mol. The number of nitrogens with one attached hydrogen (secondary N) is 2. The van der Waals surface area contributed by atoms with Crippen molar-refractivity contribution in [3.63, 3.8) is 0 Å². The molecule has 0 bridgehead atoms. The van der Waals surface area contributed by atoms with Crippen LogP contribution in [0.1, 0.15) is 41.6 Å². The van der Waals surface area contributed by atoms with Gasteiger partial charge in [-0.3, -0.25) is 14.5 Å². The Labute approximate surface area is 166 Å². The first-order valence-corrected chi connectivity index (χ1v) is 10.2. The number of benzene rings is 2. The van der Waals surface area contributed by atoms with E-state index in [-0.39, 0.29) is 11.7 Å². The molecule has 146 valence electrons. The van der Waals surface area contributed by atoms with Crippen LogP contribution in [0.3, 0.4) is 0 Å². The van der Waals surface area contributed by atoms with E-state index >= 15 is 0 Å². The first-order chi connectivity index (χ1) is 13.7. The van der Waals surface area contributed by atoms with Gasteiger partial charge in [-0.05, 0) is 61.6 Å². The maximum atomic E-state index is 12.5. The van der Waals surface area contributed by atoms with Gasteiger partial charge in [0.1, 0.15) is 0 Å². The van der Waals surface area contributed by atoms with Crippen LogP contribution in [-0.4, -0.2) is 42.3 Å². The zero-order valence-electron chi connectivity index (χ0n) is 16.1. The van der Waals surface area contributed by atoms with Gasteiger partial charge < -0.3 is 10.6 Å². The lowest BCUT2D eigenvalue weighted by molar-refractivity contribution is -0.117. The highest BCUT2D eigenvalue weighted by molar-refractivity contribution is 5.99. The molecule has 1 amide bonds. The zero-order valence-corrected chi connectivity index (χ0v) is 16.1. The SMILES string of the molecule is O=C(CN1CCC(Nc2ccccc2)CC1)Nc1ccc2c(c1)CCCC2=O. The van der Waals surface area contributed by atoms with E-state index in [1.165, 1.54) is 0 Å². The number of para-hydroxylation sites is 1. The fourth-order valence-electron chi connectivity index (χ4n) is 4.13. The Bertz CT molecular complexity index is 842. The number of aryl methyl sites for hydroxylation is 1. The van der Waals surface area contributed by atoms with Gasteiger partial charge in [-0.1, -0.05) is 18.2 Å². The molecule has 1 aliphatic heterocycles. The number of nitrogens with zero attached hydrogens (tertiary/aromatic N) is 1. The Balaban J connectivity index is 1.25. The van der Waals surface area contributed by atoms with Gasteiger partial charge in [0.05, 0.1) is 6.54 Å². The van der Waals surface area contributed by atoms with Crippen molar-refractivity contribution < 1.29 is 9.59 Å². The van der Waals surface area contributed by atoms with Crippen LogP contribution in [0.15, 0.2) is 48.5 Å². The third kappa shape index (κ3) is 4.60. The van der Waals surface area contributed by atoms with Gasteiger partial charge in [0.2, 0.25) is 5.91 Å². The number of ketones is 1. The van der Waals surface area contributed by atoms with Gasteiger partial charge in [0, 0.05) is 42.5 Å². The minimum Gasteiger partial charge on any atom is -0.382 e. The minimum atomic E-state index is 0.0107. The summed E-state index contributed by atoms with van der Waals surface area (Å²) in [5.41, 5.74) is 3.82. The molecule has 4 rings (SSSR count). The summed E-state index contributed by atoms with van der Waals surface area (Å²) in [5, 5.41) is 6.57. The van der Waals surface area contributed by atoms with Crippen molar-refractivity contribution >= 4 is 23.1 Å². The molecule has 1 saturated heterocycles. The highest BCUT2D eigenvalue weighted by Crippen LogP contribution is 2.24. The van der Waals surface area contributed by atoms with E-state index in [1.807, 2.05) is 36.4 Å². The second kappa shape index (κ2) is 8.57. The summed E-state index contributed by atoms with van der Waals surface area (Å²) >= 11 is 0. The number of amides is 1. The molecule has 5 heteroatoms. The van der Waals surface area contributed by atoms with Gasteiger partial charge in [-0.2, -0.15) is 0 Å². The Kier molecular flexibility index (Phi) is 5.72. The van der Waals surface area contributed by atoms with Crippen LogP contribution in [0, 0.1) is 0 Å². The van der Waals surface area contributed by atoms with Crippen LogP contribution in [0.2, 0.25) is 0 Å². The summed E-state index contributed by atoms with van der Waals surface area (Å²) in [6.07, 6.45) is 4.50. The van der Waals surface area contributed by atoms with E-state index in [9.17, 15) is 9.59 Å². The molecule has 0 spiro atoms. The monoisotopic (exact) mass is 377 g/mol. The molecule has 0 radical (unpaired) electrons. The van der Waals surface area contributed by atoms with Crippen molar-refractivity contribution in [3.8, 4) is 0 Å². The molecule has 1 heterocycles. The number of likely N-dealkylation sites (tertiary alicyclic amines) is 1. The van der Waals surface area contributed by atoms with E-state index in [0.29, 0.717) is 19.0 Å². The Morgan fingerprint density at radius 2 is 1.79 bits per heavy atom. The van der Waals surface area contributed by atoms with E-state index in [2.05, 4.69) is 27.7 Å². The van der Waals surface area contributed by atoms with Gasteiger partial charge in [0.15, 0.2) is 5.78 Å². The van der Waals surface area contributed by atoms with E-state index in [4.69, 9.17) is 0 Å². The van der Waals surface area contributed by atoms with E-state index in [0.717, 1.165) is 61.3 Å². The van der Waals surface area contributed by atoms with Gasteiger partial charge >= 0.3 is 0 Å². The Morgan fingerprint density at radius 1 is 1.00 bits per heavy atom. The molecule has 1 fully saturated rings. The summed E-state index contributed by atoms with van der Waals surface area (Å²) in [6, 6.07) is 16.4. The molecule has 0 unspecified atom stereocenters. The molecule has 2 aromatic carbocycles. The quantitative estimate of drug-likeness (QED) is 0.834. The largest absolute Gasteiger partial charge is 0.382 e. The first kappa shape index (κ1) is 18.7. The molecule has 28 heavy (non-hydrogen) atoms. The van der Waals surface area contributed by atoms with Crippen molar-refractivity contribution in [1.82, 2.24) is 4.90 Å². The fourth-order valence-corrected chi connectivity index (χ4v) is 4.13. The zero-order chi connectivity index (χ0) is 19.3. The smallest absolute Gasteiger partial charge is 0.238 e. The highest BCUT2D eigenvalue weighted by atomic mass is 16.2. The number of rotatable bonds is 5. The van der Waals surface area contributed by atoms with E-state index in [1.54, 1.807) is 0 Å². The van der Waals surface area contributed by atoms with Gasteiger partial charge in [0.25, 0.3) is 0 Å². The number of hydrogen-bond donors (Lipinski definition) is 2. The van der Waals surface area contributed by atoms with Crippen LogP contribution < -0.4 is 10.6 Å². The van der Waals surface area contributed by atoms with Gasteiger partial charge in [-0.15, -0.1) is 0 Å². The van der Waals surface area contributed by atoms with Crippen LogP contribution in [0.5, 0.6) is 0 Å². The van der Waals surface area contributed by atoms with Crippen molar-refractivity contribution in [2.75, 3.05) is 30.3 Å². The molecule has 2 N–H and O–H groups in total. The molecular formula is C23H27N3O2. The van der Waals surface area contributed by atoms with Crippen LogP contribution >= 0.6 is 0 Å². The average Bonchev–Trinajstić information content (AvgIpc) is 2.70. The first-order valence-electron chi connectivity index (χ1n) is 10.2. The molecule has 2 aromatic rings. The van der Waals surface area contributed by atoms with E-state index < -0.39 is 0 Å². The summed E-state index contributed by atoms with van der Waals surface area (Å²) in [6.45, 7) is 2.24. The maximum Gasteiger partial charge on any atom is 0.238 e. The molecule has 0 saturated carbocycles. The van der Waals surface area contributed by atoms with Gasteiger partial charge in [-0.25, -0.2) is 0 Å². The lowest BCUT2D eigenvalue weighted by Crippen LogP contribution is -2.42. The maximum absolute atomic E-state index is 12.5. The Morgan fingerprint density at radius 3 is 2.57 bits per heavy atom. The normalized spacial score (nSPS) is 17.8. The number of piperidine rings is 1. The third-order valence-corrected chi connectivity index (χ3v) is 5.64. The standard InChI is InChI=1S/C23H27N3O2/c27-22-8-4-5-17-15-20(9-10-21(17)22)25-23(28)16-26-13-11-19(12-14-26)24-18-6-2-1-3-7-18/h1-3,6-7,9-10,15,19,24H,4-5,8,11-14,16H2,(H,25,28). The topological polar surface area (TPSA) is 61.4 Å². The van der Waals surface area contributed by atoms with Crippen molar-refractivity contribution in [2.45, 2.75) is 38.1 Å². The number of Topliss-reactive ketones (excluding diaryl/α,β-unsaturated/α-hetero) is 1. The molecular weight excluding hydrogens is 350 g/mol. The van der Waals surface area contributed by atoms with Crippen LogP contribution in [0.25, 0.3) is 0 Å². The summed E-state index contributed by atoms with van der Waals surface area (Å²) < 4.78 is 0. The van der Waals surface area contributed by atoms with Crippen LogP contribution in [-0.2, 0) is 11.2 Å². The summed E-state index contributed by atoms with van der Waals surface area (Å²) in [4.78, 5) is 26.6. The predicted octanol–water partition coefficient (Wildman–Crippen LogP) is 3.72. The minimum absolute atomic E-state index is 0.0107. The molecule has 0 aromatic heterocycles. The van der Waals surface area contributed by atoms with Crippen molar-refractivity contribution in [2.24, 2.45) is 0 Å². The van der Waals surface area contributed by atoms with Crippen LogP contribution in [0.4, 0.5) is 11.4 Å². The Hall–Kier alpha value is -2.66. The highest BCUT2D eigenvalue weighted by Gasteiger charge is 2.21. The lowest BCUT2D eigenvalue weighted by atomic mass is 9.90. The number of anilines is 2. The van der Waals surface area contributed by atoms with Crippen molar-refractivity contribution in [3.05, 3.63) is 59.7 Å². The molecule has 0 atom stereocenters. The second-order valence-electron chi connectivity index (χ2n) is 7.76. The molecule has 2 aliphatic rings. The number of hydrogen-bond acceptors (Lipinski definition) is 4. The lowest BCUT2D eigenvalue weighted by Gasteiger charge is -2.32. The molecule has 5 nitrogen and oxygen atoms in total. The summed E-state index contributed by atoms with van der Waals surface area (Å²) in [5.74, 6) is 0.225. The number of carbonyl (C=O) groups is 2.